The number of dihydropyridines is 1. The smallest absolute Gasteiger partial charge is 0.254 e. The van der Waals surface area contributed by atoms with Crippen LogP contribution in [0.2, 0.25) is 5.02 Å². The number of carbonyl (C=O) groups excluding carboxylic acids is 1. The standard InChI is InChI=1S/C19H23ClN2O2/c1-12-7-13(2)21-10-15(12)11-22-6-4-5-14-8-17(20)18(24-3)9-16(14)19(22)23/h7-9,21H,4-6,10-11H2,1-3H3. The van der Waals surface area contributed by atoms with E-state index in [2.05, 4.69) is 25.2 Å². The highest BCUT2D eigenvalue weighted by atomic mass is 35.5. The van der Waals surface area contributed by atoms with Crippen LogP contribution >= 0.6 is 11.6 Å². The summed E-state index contributed by atoms with van der Waals surface area (Å²) >= 11 is 6.22. The number of ether oxygens (including phenoxy) is 1. The fourth-order valence-electron chi connectivity index (χ4n) is 3.31. The lowest BCUT2D eigenvalue weighted by Gasteiger charge is -2.26. The summed E-state index contributed by atoms with van der Waals surface area (Å²) in [6.45, 7) is 6.38. The molecule has 0 bridgehead atoms. The quantitative estimate of drug-likeness (QED) is 0.909. The molecular formula is C19H23ClN2O2. The molecule has 0 spiro atoms. The third kappa shape index (κ3) is 3.29. The van der Waals surface area contributed by atoms with Crippen molar-refractivity contribution in [1.29, 1.82) is 0 Å². The van der Waals surface area contributed by atoms with E-state index in [4.69, 9.17) is 16.3 Å². The number of hydrogen-bond donors (Lipinski definition) is 1. The number of rotatable bonds is 3. The molecule has 3 rings (SSSR count). The van der Waals surface area contributed by atoms with E-state index in [0.29, 0.717) is 22.9 Å². The maximum atomic E-state index is 13.0. The predicted molar refractivity (Wildman–Crippen MR) is 96.7 cm³/mol. The average molecular weight is 347 g/mol. The largest absolute Gasteiger partial charge is 0.495 e. The summed E-state index contributed by atoms with van der Waals surface area (Å²) in [5.41, 5.74) is 5.40. The van der Waals surface area contributed by atoms with Crippen molar-refractivity contribution in [1.82, 2.24) is 10.2 Å². The van der Waals surface area contributed by atoms with Gasteiger partial charge in [-0.15, -0.1) is 0 Å². The van der Waals surface area contributed by atoms with Crippen molar-refractivity contribution in [3.8, 4) is 5.75 Å². The van der Waals surface area contributed by atoms with Crippen LogP contribution in [0.15, 0.2) is 35.1 Å². The molecule has 0 saturated carbocycles. The maximum Gasteiger partial charge on any atom is 0.254 e. The van der Waals surface area contributed by atoms with Crippen LogP contribution in [0.1, 0.15) is 36.2 Å². The van der Waals surface area contributed by atoms with Crippen molar-refractivity contribution in [3.05, 3.63) is 51.2 Å². The van der Waals surface area contributed by atoms with Gasteiger partial charge >= 0.3 is 0 Å². The van der Waals surface area contributed by atoms with Gasteiger partial charge in [0, 0.05) is 30.9 Å². The molecule has 0 aliphatic carbocycles. The molecular weight excluding hydrogens is 324 g/mol. The predicted octanol–water partition coefficient (Wildman–Crippen LogP) is 3.56. The molecule has 2 aliphatic heterocycles. The topological polar surface area (TPSA) is 41.6 Å². The van der Waals surface area contributed by atoms with E-state index in [1.54, 1.807) is 13.2 Å². The van der Waals surface area contributed by atoms with Crippen LogP contribution in [0.5, 0.6) is 5.75 Å². The number of aryl methyl sites for hydroxylation is 1. The third-order valence-electron chi connectivity index (χ3n) is 4.72. The van der Waals surface area contributed by atoms with Gasteiger partial charge in [0.25, 0.3) is 5.91 Å². The van der Waals surface area contributed by atoms with E-state index in [1.165, 1.54) is 16.8 Å². The van der Waals surface area contributed by atoms with Crippen molar-refractivity contribution in [3.63, 3.8) is 0 Å². The molecule has 2 aliphatic rings. The maximum absolute atomic E-state index is 13.0. The van der Waals surface area contributed by atoms with Gasteiger partial charge in [0.05, 0.1) is 12.1 Å². The highest BCUT2D eigenvalue weighted by molar-refractivity contribution is 6.32. The number of carbonyl (C=O) groups is 1. The summed E-state index contributed by atoms with van der Waals surface area (Å²) in [4.78, 5) is 15.0. The molecule has 0 fully saturated rings. The van der Waals surface area contributed by atoms with Gasteiger partial charge < -0.3 is 15.0 Å². The fraction of sp³-hybridized carbons (Fsp3) is 0.421. The number of nitrogens with zero attached hydrogens (tertiary/aromatic N) is 1. The van der Waals surface area contributed by atoms with Crippen molar-refractivity contribution < 1.29 is 9.53 Å². The third-order valence-corrected chi connectivity index (χ3v) is 5.02. The van der Waals surface area contributed by atoms with Gasteiger partial charge in [0.1, 0.15) is 5.75 Å². The first kappa shape index (κ1) is 16.9. The van der Waals surface area contributed by atoms with Crippen LogP contribution in [0.25, 0.3) is 0 Å². The van der Waals surface area contributed by atoms with Crippen molar-refractivity contribution in [2.45, 2.75) is 26.7 Å². The van der Waals surface area contributed by atoms with E-state index in [9.17, 15) is 4.79 Å². The van der Waals surface area contributed by atoms with Crippen LogP contribution in [-0.4, -0.2) is 37.6 Å². The van der Waals surface area contributed by atoms with Gasteiger partial charge in [0.2, 0.25) is 0 Å². The van der Waals surface area contributed by atoms with Gasteiger partial charge in [-0.1, -0.05) is 11.6 Å². The Hall–Kier alpha value is -1.94. The highest BCUT2D eigenvalue weighted by Crippen LogP contribution is 2.31. The highest BCUT2D eigenvalue weighted by Gasteiger charge is 2.25. The van der Waals surface area contributed by atoms with Gasteiger partial charge in [-0.3, -0.25) is 4.79 Å². The van der Waals surface area contributed by atoms with E-state index in [1.807, 2.05) is 11.0 Å². The van der Waals surface area contributed by atoms with Gasteiger partial charge in [-0.2, -0.15) is 0 Å². The molecule has 5 heteroatoms. The molecule has 24 heavy (non-hydrogen) atoms. The normalized spacial score (nSPS) is 17.9. The number of benzene rings is 1. The Kier molecular flexibility index (Phi) is 4.86. The zero-order chi connectivity index (χ0) is 17.3. The number of nitrogens with one attached hydrogen (secondary N) is 1. The van der Waals surface area contributed by atoms with Crippen molar-refractivity contribution in [2.24, 2.45) is 0 Å². The first-order valence-corrected chi connectivity index (χ1v) is 8.64. The molecule has 0 aromatic heterocycles. The van der Waals surface area contributed by atoms with Crippen LogP contribution in [0, 0.1) is 0 Å². The number of amides is 1. The molecule has 2 heterocycles. The molecule has 0 atom stereocenters. The lowest BCUT2D eigenvalue weighted by Crippen LogP contribution is -2.36. The number of methoxy groups -OCH3 is 1. The average Bonchev–Trinajstić information content (AvgIpc) is 2.69. The van der Waals surface area contributed by atoms with E-state index in [0.717, 1.165) is 31.5 Å². The van der Waals surface area contributed by atoms with Crippen LogP contribution in [0.3, 0.4) is 0 Å². The number of halogens is 1. The molecule has 1 N–H and O–H groups in total. The van der Waals surface area contributed by atoms with Crippen LogP contribution in [0.4, 0.5) is 0 Å². The Balaban J connectivity index is 1.89. The van der Waals surface area contributed by atoms with Crippen LogP contribution in [-0.2, 0) is 6.42 Å². The number of allylic oxidation sites excluding steroid dienone is 3. The lowest BCUT2D eigenvalue weighted by atomic mass is 10.0. The summed E-state index contributed by atoms with van der Waals surface area (Å²) in [6, 6.07) is 3.65. The molecule has 128 valence electrons. The molecule has 4 nitrogen and oxygen atoms in total. The summed E-state index contributed by atoms with van der Waals surface area (Å²) in [5, 5.41) is 3.92. The van der Waals surface area contributed by atoms with Gasteiger partial charge in [0.15, 0.2) is 0 Å². The first-order valence-electron chi connectivity index (χ1n) is 8.26. The zero-order valence-corrected chi connectivity index (χ0v) is 15.2. The van der Waals surface area contributed by atoms with Gasteiger partial charge in [-0.25, -0.2) is 0 Å². The van der Waals surface area contributed by atoms with Crippen molar-refractivity contribution in [2.75, 3.05) is 26.7 Å². The Labute approximate surface area is 148 Å². The first-order chi connectivity index (χ1) is 11.5. The summed E-state index contributed by atoms with van der Waals surface area (Å²) < 4.78 is 5.28. The molecule has 0 radical (unpaired) electrons. The van der Waals surface area contributed by atoms with E-state index >= 15 is 0 Å². The SMILES string of the molecule is COc1cc2c(cc1Cl)CCCN(CC1=C(C)C=C(C)NC1)C2=O. The van der Waals surface area contributed by atoms with Gasteiger partial charge in [-0.05, 0) is 61.6 Å². The Morgan fingerprint density at radius 2 is 2.12 bits per heavy atom. The minimum atomic E-state index is 0.0593. The fourth-order valence-corrected chi connectivity index (χ4v) is 3.58. The minimum Gasteiger partial charge on any atom is -0.495 e. The minimum absolute atomic E-state index is 0.0593. The zero-order valence-electron chi connectivity index (χ0n) is 14.4. The lowest BCUT2D eigenvalue weighted by molar-refractivity contribution is 0.0774. The van der Waals surface area contributed by atoms with E-state index in [-0.39, 0.29) is 5.91 Å². The summed E-state index contributed by atoms with van der Waals surface area (Å²) in [6.07, 6.45) is 3.93. The summed E-state index contributed by atoms with van der Waals surface area (Å²) in [5.74, 6) is 0.614. The second-order valence-corrected chi connectivity index (χ2v) is 6.85. The number of hydrogen-bond acceptors (Lipinski definition) is 3. The molecule has 1 aromatic rings. The molecule has 0 unspecified atom stereocenters. The molecule has 0 saturated heterocycles. The second kappa shape index (κ2) is 6.89. The van der Waals surface area contributed by atoms with E-state index < -0.39 is 0 Å². The Morgan fingerprint density at radius 1 is 1.33 bits per heavy atom. The van der Waals surface area contributed by atoms with Crippen molar-refractivity contribution >= 4 is 17.5 Å². The summed E-state index contributed by atoms with van der Waals surface area (Å²) in [7, 11) is 1.57. The molecule has 1 amide bonds. The monoisotopic (exact) mass is 346 g/mol. The Morgan fingerprint density at radius 3 is 2.83 bits per heavy atom. The second-order valence-electron chi connectivity index (χ2n) is 6.44. The number of fused-ring (bicyclic) bond motifs is 1. The Bertz CT molecular complexity index is 737. The van der Waals surface area contributed by atoms with Crippen LogP contribution < -0.4 is 10.1 Å². The molecule has 1 aromatic carbocycles.